The van der Waals surface area contributed by atoms with E-state index in [1.807, 2.05) is 0 Å². The SMILES string of the molecule is CCNCc1ccc(N2CCC(CNC(C)=O)CC2)cc1. The predicted octanol–water partition coefficient (Wildman–Crippen LogP) is 2.15. The topological polar surface area (TPSA) is 44.4 Å². The van der Waals surface area contributed by atoms with E-state index in [1.54, 1.807) is 6.92 Å². The van der Waals surface area contributed by atoms with Gasteiger partial charge in [-0.1, -0.05) is 19.1 Å². The average molecular weight is 289 g/mol. The van der Waals surface area contributed by atoms with Gasteiger partial charge in [-0.15, -0.1) is 0 Å². The molecular weight excluding hydrogens is 262 g/mol. The summed E-state index contributed by atoms with van der Waals surface area (Å²) in [6.07, 6.45) is 2.30. The van der Waals surface area contributed by atoms with Crippen LogP contribution in [0.4, 0.5) is 5.69 Å². The van der Waals surface area contributed by atoms with Crippen LogP contribution in [0, 0.1) is 5.92 Å². The first kappa shape index (κ1) is 15.8. The summed E-state index contributed by atoms with van der Waals surface area (Å²) < 4.78 is 0. The Labute approximate surface area is 127 Å². The van der Waals surface area contributed by atoms with Gasteiger partial charge in [-0.25, -0.2) is 0 Å². The normalized spacial score (nSPS) is 16.0. The Hall–Kier alpha value is -1.55. The number of amides is 1. The maximum absolute atomic E-state index is 11.0. The van der Waals surface area contributed by atoms with Crippen LogP contribution in [-0.2, 0) is 11.3 Å². The summed E-state index contributed by atoms with van der Waals surface area (Å²) >= 11 is 0. The number of nitrogens with zero attached hydrogens (tertiary/aromatic N) is 1. The van der Waals surface area contributed by atoms with Gasteiger partial charge in [0.15, 0.2) is 0 Å². The molecule has 116 valence electrons. The van der Waals surface area contributed by atoms with E-state index in [1.165, 1.54) is 11.3 Å². The molecule has 4 heteroatoms. The van der Waals surface area contributed by atoms with Gasteiger partial charge < -0.3 is 15.5 Å². The summed E-state index contributed by atoms with van der Waals surface area (Å²) in [5.74, 6) is 0.701. The van der Waals surface area contributed by atoms with Crippen LogP contribution in [0.25, 0.3) is 0 Å². The Kier molecular flexibility index (Phi) is 6.05. The van der Waals surface area contributed by atoms with Crippen molar-refractivity contribution in [2.24, 2.45) is 5.92 Å². The average Bonchev–Trinajstić information content (AvgIpc) is 2.52. The number of nitrogens with one attached hydrogen (secondary N) is 2. The van der Waals surface area contributed by atoms with Gasteiger partial charge in [-0.05, 0) is 43.0 Å². The third-order valence-electron chi connectivity index (χ3n) is 4.13. The largest absolute Gasteiger partial charge is 0.372 e. The molecule has 4 nitrogen and oxygen atoms in total. The van der Waals surface area contributed by atoms with Gasteiger partial charge in [0, 0.05) is 38.8 Å². The number of carbonyl (C=O) groups is 1. The second kappa shape index (κ2) is 8.03. The van der Waals surface area contributed by atoms with E-state index in [-0.39, 0.29) is 5.91 Å². The maximum atomic E-state index is 11.0. The van der Waals surface area contributed by atoms with Crippen LogP contribution in [0.3, 0.4) is 0 Å². The van der Waals surface area contributed by atoms with Crippen LogP contribution in [0.5, 0.6) is 0 Å². The van der Waals surface area contributed by atoms with Crippen molar-refractivity contribution in [2.75, 3.05) is 31.1 Å². The lowest BCUT2D eigenvalue weighted by Gasteiger charge is -2.33. The maximum Gasteiger partial charge on any atom is 0.216 e. The molecule has 1 aliphatic heterocycles. The second-order valence-corrected chi connectivity index (χ2v) is 5.81. The summed E-state index contributed by atoms with van der Waals surface area (Å²) in [6.45, 7) is 8.64. The summed E-state index contributed by atoms with van der Waals surface area (Å²) in [7, 11) is 0. The minimum Gasteiger partial charge on any atom is -0.372 e. The Bertz CT molecular complexity index is 436. The fourth-order valence-corrected chi connectivity index (χ4v) is 2.78. The lowest BCUT2D eigenvalue weighted by molar-refractivity contribution is -0.119. The number of hydrogen-bond donors (Lipinski definition) is 2. The summed E-state index contributed by atoms with van der Waals surface area (Å²) in [5, 5.41) is 6.28. The molecule has 0 spiro atoms. The van der Waals surface area contributed by atoms with Crippen molar-refractivity contribution < 1.29 is 4.79 Å². The van der Waals surface area contributed by atoms with Gasteiger partial charge in [0.25, 0.3) is 0 Å². The van der Waals surface area contributed by atoms with E-state index in [9.17, 15) is 4.79 Å². The van der Waals surface area contributed by atoms with Crippen molar-refractivity contribution in [2.45, 2.75) is 33.2 Å². The third-order valence-corrected chi connectivity index (χ3v) is 4.13. The highest BCUT2D eigenvalue weighted by atomic mass is 16.1. The second-order valence-electron chi connectivity index (χ2n) is 5.81. The van der Waals surface area contributed by atoms with Gasteiger partial charge in [0.2, 0.25) is 5.91 Å². The Morgan fingerprint density at radius 2 is 1.90 bits per heavy atom. The third kappa shape index (κ3) is 5.05. The number of hydrogen-bond acceptors (Lipinski definition) is 3. The van der Waals surface area contributed by atoms with E-state index in [0.717, 1.165) is 45.6 Å². The summed E-state index contributed by atoms with van der Waals surface area (Å²) in [4.78, 5) is 13.4. The molecule has 1 aliphatic rings. The van der Waals surface area contributed by atoms with E-state index in [4.69, 9.17) is 0 Å². The fraction of sp³-hybridized carbons (Fsp3) is 0.588. The van der Waals surface area contributed by atoms with Crippen molar-refractivity contribution in [3.05, 3.63) is 29.8 Å². The highest BCUT2D eigenvalue weighted by molar-refractivity contribution is 5.72. The minimum atomic E-state index is 0.0775. The van der Waals surface area contributed by atoms with Gasteiger partial charge in [-0.3, -0.25) is 4.79 Å². The number of benzene rings is 1. The van der Waals surface area contributed by atoms with Crippen molar-refractivity contribution in [3.63, 3.8) is 0 Å². The molecule has 2 N–H and O–H groups in total. The smallest absolute Gasteiger partial charge is 0.216 e. The zero-order chi connectivity index (χ0) is 15.1. The minimum absolute atomic E-state index is 0.0775. The first-order chi connectivity index (χ1) is 10.2. The van der Waals surface area contributed by atoms with E-state index >= 15 is 0 Å². The molecule has 21 heavy (non-hydrogen) atoms. The first-order valence-corrected chi connectivity index (χ1v) is 7.98. The quantitative estimate of drug-likeness (QED) is 0.843. The zero-order valence-corrected chi connectivity index (χ0v) is 13.2. The Balaban J connectivity index is 1.80. The molecule has 1 saturated heterocycles. The molecular formula is C17H27N3O. The molecule has 0 unspecified atom stereocenters. The zero-order valence-electron chi connectivity index (χ0n) is 13.2. The highest BCUT2D eigenvalue weighted by Crippen LogP contribution is 2.23. The van der Waals surface area contributed by atoms with Gasteiger partial charge >= 0.3 is 0 Å². The lowest BCUT2D eigenvalue weighted by atomic mass is 9.96. The molecule has 0 radical (unpaired) electrons. The fourth-order valence-electron chi connectivity index (χ4n) is 2.78. The number of piperidine rings is 1. The van der Waals surface area contributed by atoms with Crippen LogP contribution >= 0.6 is 0 Å². The van der Waals surface area contributed by atoms with Gasteiger partial charge in [0.1, 0.15) is 0 Å². The van der Waals surface area contributed by atoms with E-state index < -0.39 is 0 Å². The van der Waals surface area contributed by atoms with Crippen LogP contribution in [-0.4, -0.2) is 32.1 Å². The standard InChI is InChI=1S/C17H27N3O/c1-3-18-12-15-4-6-17(7-5-15)20-10-8-16(9-11-20)13-19-14(2)21/h4-7,16,18H,3,8-13H2,1-2H3,(H,19,21). The molecule has 1 fully saturated rings. The number of rotatable bonds is 6. The summed E-state index contributed by atoms with van der Waals surface area (Å²) in [5.41, 5.74) is 2.65. The molecule has 0 atom stereocenters. The van der Waals surface area contributed by atoms with Crippen molar-refractivity contribution in [1.29, 1.82) is 0 Å². The van der Waals surface area contributed by atoms with Crippen LogP contribution in [0.15, 0.2) is 24.3 Å². The predicted molar refractivity (Wildman–Crippen MR) is 87.4 cm³/mol. The van der Waals surface area contributed by atoms with Crippen LogP contribution in [0.2, 0.25) is 0 Å². The lowest BCUT2D eigenvalue weighted by Crippen LogP contribution is -2.38. The molecule has 2 rings (SSSR count). The molecule has 0 aliphatic carbocycles. The van der Waals surface area contributed by atoms with Crippen LogP contribution in [0.1, 0.15) is 32.3 Å². The Morgan fingerprint density at radius 1 is 1.24 bits per heavy atom. The van der Waals surface area contributed by atoms with Crippen molar-refractivity contribution in [3.8, 4) is 0 Å². The van der Waals surface area contributed by atoms with E-state index in [0.29, 0.717) is 5.92 Å². The van der Waals surface area contributed by atoms with Gasteiger partial charge in [-0.2, -0.15) is 0 Å². The number of anilines is 1. The van der Waals surface area contributed by atoms with E-state index in [2.05, 4.69) is 46.7 Å². The number of carbonyl (C=O) groups excluding carboxylic acids is 1. The molecule has 0 bridgehead atoms. The van der Waals surface area contributed by atoms with Crippen molar-refractivity contribution >= 4 is 11.6 Å². The van der Waals surface area contributed by atoms with Gasteiger partial charge in [0.05, 0.1) is 0 Å². The first-order valence-electron chi connectivity index (χ1n) is 7.98. The van der Waals surface area contributed by atoms with Crippen molar-refractivity contribution in [1.82, 2.24) is 10.6 Å². The summed E-state index contributed by atoms with van der Waals surface area (Å²) in [6, 6.07) is 8.87. The molecule has 0 saturated carbocycles. The molecule has 1 aromatic carbocycles. The molecule has 1 aromatic rings. The Morgan fingerprint density at radius 3 is 2.48 bits per heavy atom. The monoisotopic (exact) mass is 289 g/mol. The highest BCUT2D eigenvalue weighted by Gasteiger charge is 2.19. The molecule has 1 heterocycles. The molecule has 0 aromatic heterocycles. The van der Waals surface area contributed by atoms with Crippen LogP contribution < -0.4 is 15.5 Å². The molecule has 1 amide bonds.